The Balaban J connectivity index is 0.00000729. The van der Waals surface area contributed by atoms with Crippen LogP contribution in [0.5, 0.6) is 0 Å². The van der Waals surface area contributed by atoms with E-state index in [0.29, 0.717) is 18.5 Å². The lowest BCUT2D eigenvalue weighted by Crippen LogP contribution is -2.48. The van der Waals surface area contributed by atoms with Crippen LogP contribution in [0.15, 0.2) is 4.99 Å². The number of ether oxygens (including phenoxy) is 1. The van der Waals surface area contributed by atoms with Crippen molar-refractivity contribution in [3.05, 3.63) is 0 Å². The molecule has 28 heavy (non-hydrogen) atoms. The van der Waals surface area contributed by atoms with E-state index in [1.807, 2.05) is 30.7 Å². The number of amides is 1. The molecule has 0 spiro atoms. The fraction of sp³-hybridized carbons (Fsp3) is 0.900. The number of guanidine groups is 1. The van der Waals surface area contributed by atoms with E-state index in [2.05, 4.69) is 31.0 Å². The third-order valence-electron chi connectivity index (χ3n) is 4.94. The molecule has 1 aliphatic heterocycles. The first-order chi connectivity index (χ1) is 12.9. The van der Waals surface area contributed by atoms with Crippen LogP contribution >= 0.6 is 24.0 Å². The van der Waals surface area contributed by atoms with Crippen molar-refractivity contribution in [1.29, 1.82) is 0 Å². The largest absolute Gasteiger partial charge is 0.379 e. The van der Waals surface area contributed by atoms with Crippen molar-refractivity contribution in [1.82, 2.24) is 20.0 Å². The highest BCUT2D eigenvalue weighted by atomic mass is 127. The Morgan fingerprint density at radius 1 is 1.18 bits per heavy atom. The van der Waals surface area contributed by atoms with E-state index >= 15 is 0 Å². The molecule has 0 aromatic rings. The zero-order chi connectivity index (χ0) is 20.2. The average molecular weight is 511 g/mol. The molecule has 1 N–H and O–H groups in total. The molecular weight excluding hydrogens is 469 g/mol. The quantitative estimate of drug-likeness (QED) is 0.277. The molecule has 0 aromatic carbocycles. The van der Waals surface area contributed by atoms with E-state index in [0.717, 1.165) is 64.9 Å². The predicted molar refractivity (Wildman–Crippen MR) is 128 cm³/mol. The van der Waals surface area contributed by atoms with E-state index in [1.165, 1.54) is 0 Å². The summed E-state index contributed by atoms with van der Waals surface area (Å²) in [5, 5.41) is 3.34. The van der Waals surface area contributed by atoms with Crippen molar-refractivity contribution >= 4 is 35.8 Å². The normalized spacial score (nSPS) is 16.5. The highest BCUT2D eigenvalue weighted by molar-refractivity contribution is 14.0. The summed E-state index contributed by atoms with van der Waals surface area (Å²) < 4.78 is 5.50. The van der Waals surface area contributed by atoms with Crippen molar-refractivity contribution in [2.75, 3.05) is 66.1 Å². The summed E-state index contributed by atoms with van der Waals surface area (Å²) in [7, 11) is 1.94. The van der Waals surface area contributed by atoms with Crippen LogP contribution in [0, 0.1) is 5.92 Å². The summed E-state index contributed by atoms with van der Waals surface area (Å²) in [5.74, 6) is 1.57. The van der Waals surface area contributed by atoms with Crippen molar-refractivity contribution in [3.8, 4) is 0 Å². The van der Waals surface area contributed by atoms with Gasteiger partial charge in [0.05, 0.1) is 26.3 Å². The van der Waals surface area contributed by atoms with Crippen LogP contribution in [0.1, 0.15) is 41.0 Å². The molecule has 0 aliphatic carbocycles. The summed E-state index contributed by atoms with van der Waals surface area (Å²) in [4.78, 5) is 23.6. The van der Waals surface area contributed by atoms with E-state index in [4.69, 9.17) is 9.73 Å². The van der Waals surface area contributed by atoms with Gasteiger partial charge in [0.15, 0.2) is 5.96 Å². The van der Waals surface area contributed by atoms with E-state index < -0.39 is 0 Å². The zero-order valence-corrected chi connectivity index (χ0v) is 21.1. The molecule has 1 heterocycles. The predicted octanol–water partition coefficient (Wildman–Crippen LogP) is 2.12. The number of carbonyl (C=O) groups is 1. The Morgan fingerprint density at radius 3 is 2.29 bits per heavy atom. The van der Waals surface area contributed by atoms with E-state index in [-0.39, 0.29) is 29.9 Å². The Kier molecular flexibility index (Phi) is 14.9. The molecule has 1 unspecified atom stereocenters. The zero-order valence-electron chi connectivity index (χ0n) is 18.7. The average Bonchev–Trinajstić information content (AvgIpc) is 2.65. The van der Waals surface area contributed by atoms with Crippen LogP contribution < -0.4 is 5.32 Å². The molecule has 0 saturated carbocycles. The monoisotopic (exact) mass is 511 g/mol. The fourth-order valence-electron chi connectivity index (χ4n) is 3.44. The molecule has 1 atom stereocenters. The maximum absolute atomic E-state index is 12.4. The van der Waals surface area contributed by atoms with Crippen LogP contribution in [0.25, 0.3) is 0 Å². The van der Waals surface area contributed by atoms with Gasteiger partial charge >= 0.3 is 0 Å². The van der Waals surface area contributed by atoms with Crippen molar-refractivity contribution < 1.29 is 9.53 Å². The molecular formula is C20H42IN5O2. The highest BCUT2D eigenvalue weighted by Gasteiger charge is 2.22. The molecule has 7 nitrogen and oxygen atoms in total. The highest BCUT2D eigenvalue weighted by Crippen LogP contribution is 2.14. The van der Waals surface area contributed by atoms with Gasteiger partial charge in [-0.05, 0) is 33.1 Å². The maximum atomic E-state index is 12.4. The number of hydrogen-bond donors (Lipinski definition) is 1. The number of morpholine rings is 1. The van der Waals surface area contributed by atoms with Gasteiger partial charge in [-0.2, -0.15) is 0 Å². The van der Waals surface area contributed by atoms with Crippen molar-refractivity contribution in [2.24, 2.45) is 10.9 Å². The van der Waals surface area contributed by atoms with Gasteiger partial charge in [-0.15, -0.1) is 24.0 Å². The topological polar surface area (TPSA) is 60.4 Å². The first-order valence-corrected chi connectivity index (χ1v) is 10.5. The summed E-state index contributed by atoms with van der Waals surface area (Å²) in [6, 6.07) is 0.412. The summed E-state index contributed by atoms with van der Waals surface area (Å²) in [6.45, 7) is 17.5. The lowest BCUT2D eigenvalue weighted by atomic mass is 10.0. The third-order valence-corrected chi connectivity index (χ3v) is 4.94. The van der Waals surface area contributed by atoms with Crippen LogP contribution in [0.3, 0.4) is 0 Å². The maximum Gasteiger partial charge on any atom is 0.242 e. The number of halogens is 1. The van der Waals surface area contributed by atoms with Crippen LogP contribution in [-0.2, 0) is 9.53 Å². The van der Waals surface area contributed by atoms with Crippen LogP contribution in [0.4, 0.5) is 0 Å². The van der Waals surface area contributed by atoms with E-state index in [9.17, 15) is 4.79 Å². The molecule has 1 fully saturated rings. The molecule has 0 radical (unpaired) electrons. The SMILES string of the molecule is CCNC(=NCC(CC(C)C)N1CCOCC1)N(C)CC(=O)N(CC)CC.I. The van der Waals surface area contributed by atoms with Gasteiger partial charge in [0.1, 0.15) is 0 Å². The lowest BCUT2D eigenvalue weighted by Gasteiger charge is -2.35. The number of rotatable bonds is 10. The van der Waals surface area contributed by atoms with Gasteiger partial charge in [0.2, 0.25) is 5.91 Å². The molecule has 1 rings (SSSR count). The smallest absolute Gasteiger partial charge is 0.242 e. The Labute approximate surface area is 189 Å². The van der Waals surface area contributed by atoms with Gasteiger partial charge in [0, 0.05) is 45.8 Å². The second kappa shape index (κ2) is 15.3. The number of likely N-dealkylation sites (N-methyl/N-ethyl adjacent to an activating group) is 2. The van der Waals surface area contributed by atoms with Gasteiger partial charge in [-0.3, -0.25) is 14.7 Å². The molecule has 166 valence electrons. The number of nitrogens with one attached hydrogen (secondary N) is 1. The summed E-state index contributed by atoms with van der Waals surface area (Å²) >= 11 is 0. The Bertz CT molecular complexity index is 452. The number of aliphatic imine (C=N–C) groups is 1. The first-order valence-electron chi connectivity index (χ1n) is 10.5. The van der Waals surface area contributed by atoms with E-state index in [1.54, 1.807) is 0 Å². The molecule has 0 bridgehead atoms. The molecule has 1 amide bonds. The second-order valence-electron chi connectivity index (χ2n) is 7.55. The molecule has 1 saturated heterocycles. The second-order valence-corrected chi connectivity index (χ2v) is 7.55. The molecule has 0 aromatic heterocycles. The number of carbonyl (C=O) groups excluding carboxylic acids is 1. The van der Waals surface area contributed by atoms with Gasteiger partial charge in [0.25, 0.3) is 0 Å². The molecule has 8 heteroatoms. The number of nitrogens with zero attached hydrogens (tertiary/aromatic N) is 4. The molecule has 1 aliphatic rings. The Morgan fingerprint density at radius 2 is 1.79 bits per heavy atom. The third kappa shape index (κ3) is 9.73. The Hall–Kier alpha value is -0.610. The van der Waals surface area contributed by atoms with Crippen molar-refractivity contribution in [3.63, 3.8) is 0 Å². The standard InChI is InChI=1S/C20H41N5O2.HI/c1-7-21-20(23(6)16-19(26)24(8-2)9-3)22-15-18(14-17(4)5)25-10-12-27-13-11-25;/h17-18H,7-16H2,1-6H3,(H,21,22);1H. The minimum Gasteiger partial charge on any atom is -0.379 e. The first kappa shape index (κ1) is 27.4. The minimum absolute atomic E-state index is 0. The van der Waals surface area contributed by atoms with Gasteiger partial charge in [-0.1, -0.05) is 13.8 Å². The van der Waals surface area contributed by atoms with Crippen LogP contribution in [-0.4, -0.2) is 98.7 Å². The lowest BCUT2D eigenvalue weighted by molar-refractivity contribution is -0.131. The van der Waals surface area contributed by atoms with Crippen molar-refractivity contribution in [2.45, 2.75) is 47.1 Å². The summed E-state index contributed by atoms with van der Waals surface area (Å²) in [6.07, 6.45) is 1.12. The van der Waals surface area contributed by atoms with Gasteiger partial charge in [-0.25, -0.2) is 0 Å². The van der Waals surface area contributed by atoms with Gasteiger partial charge < -0.3 is 19.9 Å². The fourth-order valence-corrected chi connectivity index (χ4v) is 3.44. The summed E-state index contributed by atoms with van der Waals surface area (Å²) in [5.41, 5.74) is 0. The van der Waals surface area contributed by atoms with Crippen LogP contribution in [0.2, 0.25) is 0 Å². The minimum atomic E-state index is 0. The number of hydrogen-bond acceptors (Lipinski definition) is 4.